The fourth-order valence-corrected chi connectivity index (χ4v) is 3.67. The number of aryl methyl sites for hydroxylation is 1. The van der Waals surface area contributed by atoms with E-state index in [1.54, 1.807) is 24.4 Å². The highest BCUT2D eigenvalue weighted by atomic mass is 32.2. The summed E-state index contributed by atoms with van der Waals surface area (Å²) < 4.78 is 13.2. The summed E-state index contributed by atoms with van der Waals surface area (Å²) in [5.41, 5.74) is 3.58. The van der Waals surface area contributed by atoms with Crippen molar-refractivity contribution in [2.75, 3.05) is 0 Å². The second kappa shape index (κ2) is 9.22. The van der Waals surface area contributed by atoms with Crippen molar-refractivity contribution in [3.8, 4) is 17.2 Å². The van der Waals surface area contributed by atoms with Crippen molar-refractivity contribution in [1.29, 1.82) is 0 Å². The summed E-state index contributed by atoms with van der Waals surface area (Å²) in [6.07, 6.45) is 1.76. The SMILES string of the molecule is Cc1ccc(C(C)C)c(OCc2nnc(SCc3cn(-c4ccccc4O)nn3)o2)c1. The Morgan fingerprint density at radius 3 is 2.77 bits per heavy atom. The Morgan fingerprint density at radius 1 is 1.13 bits per heavy atom. The number of phenolic OH excluding ortho intramolecular Hbond substituents is 1. The Kier molecular flexibility index (Phi) is 6.22. The van der Waals surface area contributed by atoms with Gasteiger partial charge >= 0.3 is 0 Å². The number of ether oxygens (including phenoxy) is 1. The van der Waals surface area contributed by atoms with Gasteiger partial charge in [0, 0.05) is 5.75 Å². The quantitative estimate of drug-likeness (QED) is 0.397. The number of hydrogen-bond acceptors (Lipinski definition) is 8. The van der Waals surface area contributed by atoms with Crippen LogP contribution >= 0.6 is 11.8 Å². The lowest BCUT2D eigenvalue weighted by Gasteiger charge is -2.13. The van der Waals surface area contributed by atoms with E-state index in [4.69, 9.17) is 9.15 Å². The Hall–Kier alpha value is -3.33. The van der Waals surface area contributed by atoms with Crippen LogP contribution in [0.25, 0.3) is 5.69 Å². The van der Waals surface area contributed by atoms with Crippen molar-refractivity contribution in [3.63, 3.8) is 0 Å². The Labute approximate surface area is 184 Å². The van der Waals surface area contributed by atoms with Crippen LogP contribution in [-0.2, 0) is 12.4 Å². The van der Waals surface area contributed by atoms with Gasteiger partial charge in [0.1, 0.15) is 17.2 Å². The van der Waals surface area contributed by atoms with E-state index in [1.165, 1.54) is 16.4 Å². The lowest BCUT2D eigenvalue weighted by Crippen LogP contribution is -2.00. The van der Waals surface area contributed by atoms with E-state index in [0.29, 0.717) is 28.5 Å². The molecule has 4 aromatic rings. The van der Waals surface area contributed by atoms with Crippen molar-refractivity contribution < 1.29 is 14.3 Å². The second-order valence-electron chi connectivity index (χ2n) is 7.38. The summed E-state index contributed by atoms with van der Waals surface area (Å²) in [5, 5.41) is 26.7. The van der Waals surface area contributed by atoms with E-state index < -0.39 is 0 Å². The standard InChI is InChI=1S/C22H23N5O3S/c1-14(2)17-9-8-15(3)10-20(17)29-12-21-24-25-22(30-21)31-13-16-11-27(26-23-16)18-6-4-5-7-19(18)28/h4-11,14,28H,12-13H2,1-3H3. The topological polar surface area (TPSA) is 99.1 Å². The van der Waals surface area contributed by atoms with E-state index in [1.807, 2.05) is 19.1 Å². The van der Waals surface area contributed by atoms with Crippen molar-refractivity contribution in [1.82, 2.24) is 25.2 Å². The number of benzene rings is 2. The molecule has 0 bridgehead atoms. The molecule has 0 radical (unpaired) electrons. The molecule has 0 fully saturated rings. The third-order valence-corrected chi connectivity index (χ3v) is 5.46. The number of aromatic nitrogens is 5. The molecule has 0 atom stereocenters. The highest BCUT2D eigenvalue weighted by molar-refractivity contribution is 7.98. The summed E-state index contributed by atoms with van der Waals surface area (Å²) in [4.78, 5) is 0. The van der Waals surface area contributed by atoms with Crippen LogP contribution in [0.1, 0.15) is 42.5 Å². The number of rotatable bonds is 8. The highest BCUT2D eigenvalue weighted by Crippen LogP contribution is 2.28. The molecule has 8 nitrogen and oxygen atoms in total. The molecule has 2 aromatic heterocycles. The lowest BCUT2D eigenvalue weighted by atomic mass is 10.0. The smallest absolute Gasteiger partial charge is 0.277 e. The number of para-hydroxylation sites is 2. The molecule has 0 spiro atoms. The molecule has 9 heteroatoms. The van der Waals surface area contributed by atoms with Gasteiger partial charge in [0.15, 0.2) is 6.61 Å². The highest BCUT2D eigenvalue weighted by Gasteiger charge is 2.13. The van der Waals surface area contributed by atoms with Gasteiger partial charge in [-0.2, -0.15) is 0 Å². The summed E-state index contributed by atoms with van der Waals surface area (Å²) in [6.45, 7) is 6.51. The summed E-state index contributed by atoms with van der Waals surface area (Å²) in [7, 11) is 0. The maximum Gasteiger partial charge on any atom is 0.277 e. The Morgan fingerprint density at radius 2 is 1.97 bits per heavy atom. The van der Waals surface area contributed by atoms with Gasteiger partial charge in [0.05, 0.1) is 11.9 Å². The van der Waals surface area contributed by atoms with Crippen LogP contribution in [0.3, 0.4) is 0 Å². The van der Waals surface area contributed by atoms with Gasteiger partial charge in [0.25, 0.3) is 11.1 Å². The van der Waals surface area contributed by atoms with Gasteiger partial charge in [-0.25, -0.2) is 4.68 Å². The van der Waals surface area contributed by atoms with Crippen LogP contribution < -0.4 is 4.74 Å². The number of nitrogens with zero attached hydrogens (tertiary/aromatic N) is 5. The molecule has 0 unspecified atom stereocenters. The molecule has 0 aliphatic carbocycles. The average Bonchev–Trinajstić information content (AvgIpc) is 3.40. The molecular weight excluding hydrogens is 414 g/mol. The molecule has 0 aliphatic heterocycles. The van der Waals surface area contributed by atoms with E-state index in [9.17, 15) is 5.11 Å². The molecule has 0 saturated carbocycles. The number of thioether (sulfide) groups is 1. The zero-order valence-electron chi connectivity index (χ0n) is 17.5. The third kappa shape index (κ3) is 5.05. The van der Waals surface area contributed by atoms with Crippen molar-refractivity contribution >= 4 is 11.8 Å². The third-order valence-electron chi connectivity index (χ3n) is 4.60. The van der Waals surface area contributed by atoms with E-state index in [2.05, 4.69) is 46.5 Å². The van der Waals surface area contributed by atoms with Gasteiger partial charge in [0.2, 0.25) is 0 Å². The molecule has 160 valence electrons. The molecule has 1 N–H and O–H groups in total. The van der Waals surface area contributed by atoms with Crippen molar-refractivity contribution in [2.24, 2.45) is 0 Å². The normalized spacial score (nSPS) is 11.2. The molecular formula is C22H23N5O3S. The molecule has 2 aromatic carbocycles. The minimum absolute atomic E-state index is 0.141. The first-order valence-corrected chi connectivity index (χ1v) is 10.9. The average molecular weight is 438 g/mol. The van der Waals surface area contributed by atoms with Crippen LogP contribution in [0.2, 0.25) is 0 Å². The van der Waals surface area contributed by atoms with Crippen LogP contribution in [0.4, 0.5) is 0 Å². The predicted molar refractivity (Wildman–Crippen MR) is 116 cm³/mol. The van der Waals surface area contributed by atoms with Crippen molar-refractivity contribution in [2.45, 2.75) is 44.3 Å². The van der Waals surface area contributed by atoms with Gasteiger partial charge in [-0.1, -0.05) is 55.1 Å². The molecule has 31 heavy (non-hydrogen) atoms. The minimum Gasteiger partial charge on any atom is -0.506 e. The van der Waals surface area contributed by atoms with Gasteiger partial charge in [-0.15, -0.1) is 15.3 Å². The monoisotopic (exact) mass is 437 g/mol. The summed E-state index contributed by atoms with van der Waals surface area (Å²) >= 11 is 1.37. The minimum atomic E-state index is 0.141. The number of aromatic hydroxyl groups is 1. The van der Waals surface area contributed by atoms with Gasteiger partial charge in [-0.05, 0) is 42.2 Å². The molecule has 2 heterocycles. The summed E-state index contributed by atoms with van der Waals surface area (Å²) in [6, 6.07) is 13.2. The maximum atomic E-state index is 9.94. The Balaban J connectivity index is 1.35. The van der Waals surface area contributed by atoms with E-state index in [0.717, 1.165) is 22.6 Å². The Bertz CT molecular complexity index is 1170. The maximum absolute atomic E-state index is 9.94. The molecule has 4 rings (SSSR count). The van der Waals surface area contributed by atoms with Crippen LogP contribution in [0.5, 0.6) is 11.5 Å². The zero-order valence-corrected chi connectivity index (χ0v) is 18.3. The number of hydrogen-bond donors (Lipinski definition) is 1. The summed E-state index contributed by atoms with van der Waals surface area (Å²) in [5.74, 6) is 2.25. The first-order chi connectivity index (χ1) is 15.0. The fraction of sp³-hybridized carbons (Fsp3) is 0.273. The molecule has 0 amide bonds. The number of phenols is 1. The first kappa shape index (κ1) is 20.9. The molecule has 0 saturated heterocycles. The zero-order chi connectivity index (χ0) is 21.8. The first-order valence-electron chi connectivity index (χ1n) is 9.87. The fourth-order valence-electron chi connectivity index (χ4n) is 3.01. The van der Waals surface area contributed by atoms with E-state index >= 15 is 0 Å². The van der Waals surface area contributed by atoms with Crippen LogP contribution in [-0.4, -0.2) is 30.3 Å². The lowest BCUT2D eigenvalue weighted by molar-refractivity contribution is 0.249. The van der Waals surface area contributed by atoms with E-state index in [-0.39, 0.29) is 12.4 Å². The van der Waals surface area contributed by atoms with Gasteiger partial charge < -0.3 is 14.3 Å². The second-order valence-corrected chi connectivity index (χ2v) is 8.30. The predicted octanol–water partition coefficient (Wildman–Crippen LogP) is 4.66. The van der Waals surface area contributed by atoms with Crippen LogP contribution in [0.15, 0.2) is 58.3 Å². The van der Waals surface area contributed by atoms with Crippen LogP contribution in [0, 0.1) is 6.92 Å². The van der Waals surface area contributed by atoms with Crippen molar-refractivity contribution in [3.05, 3.63) is 71.4 Å². The molecule has 0 aliphatic rings. The largest absolute Gasteiger partial charge is 0.506 e. The van der Waals surface area contributed by atoms with Gasteiger partial charge in [-0.3, -0.25) is 0 Å².